The average Bonchev–Trinajstić information content (AvgIpc) is 3.18. The van der Waals surface area contributed by atoms with E-state index in [1.807, 2.05) is 55.6 Å². The Morgan fingerprint density at radius 1 is 1.18 bits per heavy atom. The van der Waals surface area contributed by atoms with Crippen LogP contribution in [0.3, 0.4) is 0 Å². The van der Waals surface area contributed by atoms with Crippen LogP contribution in [-0.4, -0.2) is 22.6 Å². The van der Waals surface area contributed by atoms with E-state index in [0.29, 0.717) is 11.6 Å². The first-order valence-corrected chi connectivity index (χ1v) is 9.70. The molecule has 0 spiro atoms. The van der Waals surface area contributed by atoms with Gasteiger partial charge < -0.3 is 14.6 Å². The molecule has 0 aliphatic carbocycles. The molecule has 0 radical (unpaired) electrons. The highest BCUT2D eigenvalue weighted by Crippen LogP contribution is 2.30. The van der Waals surface area contributed by atoms with Gasteiger partial charge >= 0.3 is 0 Å². The number of imidazole rings is 1. The topological polar surface area (TPSA) is 56.1 Å². The van der Waals surface area contributed by atoms with E-state index in [1.165, 1.54) is 5.56 Å². The summed E-state index contributed by atoms with van der Waals surface area (Å²) >= 11 is 0. The van der Waals surface area contributed by atoms with Crippen molar-refractivity contribution in [1.29, 1.82) is 0 Å². The Morgan fingerprint density at radius 2 is 1.93 bits per heavy atom. The summed E-state index contributed by atoms with van der Waals surface area (Å²) in [6, 6.07) is 18.2. The molecule has 1 aliphatic heterocycles. The predicted octanol–water partition coefficient (Wildman–Crippen LogP) is 4.11. The Kier molecular flexibility index (Phi) is 5.15. The molecule has 1 aromatic heterocycles. The fraction of sp³-hybridized carbons (Fsp3) is 0.304. The van der Waals surface area contributed by atoms with Crippen LogP contribution >= 0.6 is 0 Å². The van der Waals surface area contributed by atoms with Crippen molar-refractivity contribution < 1.29 is 9.53 Å². The summed E-state index contributed by atoms with van der Waals surface area (Å²) < 4.78 is 7.37. The van der Waals surface area contributed by atoms with E-state index in [0.717, 1.165) is 36.5 Å². The third-order valence-corrected chi connectivity index (χ3v) is 5.46. The summed E-state index contributed by atoms with van der Waals surface area (Å²) in [5.41, 5.74) is 2.87. The number of amides is 1. The number of nitrogens with one attached hydrogen (secondary N) is 1. The maximum absolute atomic E-state index is 12.7. The molecule has 5 heteroatoms. The van der Waals surface area contributed by atoms with E-state index >= 15 is 0 Å². The molecule has 1 amide bonds. The largest absolute Gasteiger partial charge is 0.497 e. The van der Waals surface area contributed by atoms with Gasteiger partial charge in [0.25, 0.3) is 5.91 Å². The van der Waals surface area contributed by atoms with Crippen molar-refractivity contribution in [2.24, 2.45) is 0 Å². The minimum Gasteiger partial charge on any atom is -0.497 e. The molecule has 1 aliphatic rings. The van der Waals surface area contributed by atoms with Gasteiger partial charge in [-0.1, -0.05) is 42.5 Å². The summed E-state index contributed by atoms with van der Waals surface area (Å²) in [6.45, 7) is 2.83. The van der Waals surface area contributed by atoms with Gasteiger partial charge in [0.15, 0.2) is 0 Å². The summed E-state index contributed by atoms with van der Waals surface area (Å²) in [7, 11) is 1.68. The zero-order valence-corrected chi connectivity index (χ0v) is 16.3. The number of carbonyl (C=O) groups excluding carboxylic acids is 1. The molecule has 5 nitrogen and oxygen atoms in total. The molecule has 0 bridgehead atoms. The minimum atomic E-state index is -0.126. The van der Waals surface area contributed by atoms with Crippen LogP contribution in [0.5, 0.6) is 5.75 Å². The van der Waals surface area contributed by atoms with E-state index in [1.54, 1.807) is 7.11 Å². The number of ether oxygens (including phenoxy) is 1. The van der Waals surface area contributed by atoms with Crippen LogP contribution in [0.4, 0.5) is 0 Å². The number of rotatable bonds is 5. The van der Waals surface area contributed by atoms with Crippen molar-refractivity contribution in [1.82, 2.24) is 14.9 Å². The number of aromatic nitrogens is 2. The van der Waals surface area contributed by atoms with Gasteiger partial charge in [-0.2, -0.15) is 0 Å². The predicted molar refractivity (Wildman–Crippen MR) is 109 cm³/mol. The van der Waals surface area contributed by atoms with Gasteiger partial charge in [-0.25, -0.2) is 4.98 Å². The molecule has 2 aromatic carbocycles. The number of aryl methyl sites for hydroxylation is 1. The summed E-state index contributed by atoms with van der Waals surface area (Å²) in [6.07, 6.45) is 3.79. The summed E-state index contributed by atoms with van der Waals surface area (Å²) in [4.78, 5) is 17.3. The number of fused-ring (bicyclic) bond motifs is 1. The van der Waals surface area contributed by atoms with Crippen molar-refractivity contribution in [3.05, 3.63) is 83.4 Å². The monoisotopic (exact) mass is 375 g/mol. The lowest BCUT2D eigenvalue weighted by Gasteiger charge is -2.24. The number of methoxy groups -OCH3 is 1. The normalized spacial score (nSPS) is 16.9. The lowest BCUT2D eigenvalue weighted by atomic mass is 9.91. The van der Waals surface area contributed by atoms with Crippen molar-refractivity contribution in [3.8, 4) is 5.75 Å². The van der Waals surface area contributed by atoms with E-state index in [-0.39, 0.29) is 11.9 Å². The number of hydrogen-bond acceptors (Lipinski definition) is 3. The third-order valence-electron chi connectivity index (χ3n) is 5.46. The van der Waals surface area contributed by atoms with E-state index in [9.17, 15) is 4.79 Å². The first kappa shape index (κ1) is 18.3. The van der Waals surface area contributed by atoms with Crippen LogP contribution in [0.1, 0.15) is 52.7 Å². The minimum absolute atomic E-state index is 0.0560. The van der Waals surface area contributed by atoms with Gasteiger partial charge in [-0.05, 0) is 36.6 Å². The Hall–Kier alpha value is -3.08. The molecule has 3 aromatic rings. The standard InChI is InChI=1S/C23H25N3O2/c1-16(17-6-4-3-5-7-17)24-23(27)21-15-26-14-19(10-13-22(26)25-21)18-8-11-20(28-2)12-9-18/h3-9,11-12,15-16,19H,10,13-14H2,1-2H3,(H,24,27). The first-order valence-electron chi connectivity index (χ1n) is 9.70. The van der Waals surface area contributed by atoms with Crippen LogP contribution < -0.4 is 10.1 Å². The number of benzene rings is 2. The Labute approximate surface area is 165 Å². The molecular weight excluding hydrogens is 350 g/mol. The average molecular weight is 375 g/mol. The lowest BCUT2D eigenvalue weighted by Crippen LogP contribution is -2.26. The molecule has 2 unspecified atom stereocenters. The van der Waals surface area contributed by atoms with Crippen molar-refractivity contribution in [2.45, 2.75) is 38.3 Å². The zero-order chi connectivity index (χ0) is 19.5. The maximum atomic E-state index is 12.7. The second-order valence-corrected chi connectivity index (χ2v) is 7.31. The molecule has 1 N–H and O–H groups in total. The number of hydrogen-bond donors (Lipinski definition) is 1. The van der Waals surface area contributed by atoms with E-state index in [4.69, 9.17) is 4.74 Å². The van der Waals surface area contributed by atoms with Crippen LogP contribution in [0.2, 0.25) is 0 Å². The molecule has 2 heterocycles. The van der Waals surface area contributed by atoms with Gasteiger partial charge in [0, 0.05) is 25.1 Å². The zero-order valence-electron chi connectivity index (χ0n) is 16.3. The first-order chi connectivity index (χ1) is 13.6. The Bertz CT molecular complexity index is 948. The molecule has 0 saturated heterocycles. The summed E-state index contributed by atoms with van der Waals surface area (Å²) in [5.74, 6) is 2.16. The fourth-order valence-corrected chi connectivity index (χ4v) is 3.80. The van der Waals surface area contributed by atoms with Crippen LogP contribution in [-0.2, 0) is 13.0 Å². The van der Waals surface area contributed by atoms with Crippen molar-refractivity contribution in [3.63, 3.8) is 0 Å². The molecule has 2 atom stereocenters. The van der Waals surface area contributed by atoms with Gasteiger partial charge in [0.05, 0.1) is 13.2 Å². The van der Waals surface area contributed by atoms with Gasteiger partial charge in [-0.15, -0.1) is 0 Å². The highest BCUT2D eigenvalue weighted by molar-refractivity contribution is 5.92. The number of carbonyl (C=O) groups is 1. The maximum Gasteiger partial charge on any atom is 0.271 e. The molecule has 0 saturated carbocycles. The Morgan fingerprint density at radius 3 is 2.64 bits per heavy atom. The lowest BCUT2D eigenvalue weighted by molar-refractivity contribution is 0.0935. The molecule has 144 valence electrons. The van der Waals surface area contributed by atoms with Crippen LogP contribution in [0, 0.1) is 0 Å². The fourth-order valence-electron chi connectivity index (χ4n) is 3.80. The Balaban J connectivity index is 1.45. The highest BCUT2D eigenvalue weighted by Gasteiger charge is 2.24. The number of nitrogens with zero attached hydrogens (tertiary/aromatic N) is 2. The second-order valence-electron chi connectivity index (χ2n) is 7.31. The third kappa shape index (κ3) is 3.79. The SMILES string of the molecule is COc1ccc(C2CCc3nc(C(=O)NC(C)c4ccccc4)cn3C2)cc1. The van der Waals surface area contributed by atoms with Crippen molar-refractivity contribution >= 4 is 5.91 Å². The van der Waals surface area contributed by atoms with Crippen LogP contribution in [0.25, 0.3) is 0 Å². The molecule has 28 heavy (non-hydrogen) atoms. The van der Waals surface area contributed by atoms with Gasteiger partial charge in [0.1, 0.15) is 17.3 Å². The van der Waals surface area contributed by atoms with Gasteiger partial charge in [0.2, 0.25) is 0 Å². The quantitative estimate of drug-likeness (QED) is 0.730. The van der Waals surface area contributed by atoms with E-state index < -0.39 is 0 Å². The van der Waals surface area contributed by atoms with Crippen LogP contribution in [0.15, 0.2) is 60.8 Å². The molecule has 0 fully saturated rings. The smallest absolute Gasteiger partial charge is 0.271 e. The van der Waals surface area contributed by atoms with Crippen molar-refractivity contribution in [2.75, 3.05) is 7.11 Å². The van der Waals surface area contributed by atoms with Gasteiger partial charge in [-0.3, -0.25) is 4.79 Å². The highest BCUT2D eigenvalue weighted by atomic mass is 16.5. The molecule has 4 rings (SSSR count). The second kappa shape index (κ2) is 7.89. The van der Waals surface area contributed by atoms with E-state index in [2.05, 4.69) is 27.0 Å². The summed E-state index contributed by atoms with van der Waals surface area (Å²) in [5, 5.41) is 3.05. The molecular formula is C23H25N3O2.